The third-order valence-corrected chi connectivity index (χ3v) is 5.76. The van der Waals surface area contributed by atoms with Crippen molar-refractivity contribution in [3.8, 4) is 0 Å². The fourth-order valence-corrected chi connectivity index (χ4v) is 4.31. The predicted molar refractivity (Wildman–Crippen MR) is 107 cm³/mol. The van der Waals surface area contributed by atoms with Crippen molar-refractivity contribution in [3.05, 3.63) is 34.0 Å². The van der Waals surface area contributed by atoms with Crippen LogP contribution in [0.4, 0.5) is 5.13 Å². The second-order valence-corrected chi connectivity index (χ2v) is 8.22. The van der Waals surface area contributed by atoms with E-state index in [-0.39, 0.29) is 18.0 Å². The minimum Gasteiger partial charge on any atom is -0.300 e. The number of hydrogen-bond acceptors (Lipinski definition) is 7. The first kappa shape index (κ1) is 18.8. The number of aryl methyl sites for hydroxylation is 1. The molecule has 3 aromatic rings. The zero-order valence-corrected chi connectivity index (χ0v) is 16.8. The molecule has 28 heavy (non-hydrogen) atoms. The van der Waals surface area contributed by atoms with Gasteiger partial charge in [-0.2, -0.15) is 5.10 Å². The Morgan fingerprint density at radius 1 is 1.43 bits per heavy atom. The molecule has 1 aliphatic rings. The van der Waals surface area contributed by atoms with Crippen molar-refractivity contribution in [2.45, 2.75) is 32.9 Å². The van der Waals surface area contributed by atoms with Gasteiger partial charge in [0.2, 0.25) is 5.91 Å². The molecule has 0 aliphatic carbocycles. The minimum atomic E-state index is -0.306. The lowest BCUT2D eigenvalue weighted by Gasteiger charge is -2.30. The summed E-state index contributed by atoms with van der Waals surface area (Å²) in [5.74, 6) is 0.412. The van der Waals surface area contributed by atoms with E-state index in [4.69, 9.17) is 0 Å². The molecular formula is C18H23N7O2S. The molecule has 3 aromatic heterocycles. The Hall–Kier alpha value is -2.59. The molecule has 1 amide bonds. The number of carbonyl (C=O) groups is 1. The summed E-state index contributed by atoms with van der Waals surface area (Å²) in [6.07, 6.45) is 5.34. The average molecular weight is 401 g/mol. The number of fused-ring (bicyclic) bond motifs is 1. The highest BCUT2D eigenvalue weighted by Gasteiger charge is 2.18. The van der Waals surface area contributed by atoms with Gasteiger partial charge in [0.1, 0.15) is 18.3 Å². The Bertz CT molecular complexity index is 1050. The number of thiazole rings is 1. The van der Waals surface area contributed by atoms with E-state index < -0.39 is 0 Å². The molecule has 0 saturated carbocycles. The molecule has 0 radical (unpaired) electrons. The molecule has 1 N–H and O–H groups in total. The molecule has 4 rings (SSSR count). The molecule has 1 unspecified atom stereocenters. The number of anilines is 1. The van der Waals surface area contributed by atoms with Crippen molar-refractivity contribution >= 4 is 33.4 Å². The predicted octanol–water partition coefficient (Wildman–Crippen LogP) is 1.46. The van der Waals surface area contributed by atoms with Gasteiger partial charge in [-0.3, -0.25) is 23.7 Å². The fraction of sp³-hybridized carbons (Fsp3) is 0.500. The molecule has 148 valence electrons. The molecule has 0 spiro atoms. The molecule has 9 nitrogen and oxygen atoms in total. The number of carbonyl (C=O) groups excluding carboxylic acids is 1. The van der Waals surface area contributed by atoms with Crippen molar-refractivity contribution in [2.75, 3.05) is 18.4 Å². The monoisotopic (exact) mass is 401 g/mol. The van der Waals surface area contributed by atoms with Crippen molar-refractivity contribution in [3.63, 3.8) is 0 Å². The maximum atomic E-state index is 12.5. The highest BCUT2D eigenvalue weighted by molar-refractivity contribution is 7.13. The number of nitrogens with zero attached hydrogens (tertiary/aromatic N) is 6. The standard InChI is InChI=1S/C18H23N7O2S/c1-12-4-3-5-24(7-12)8-13-10-28-18(21-13)22-15(26)9-25-11-19-16-14(17(25)27)6-20-23(16)2/h6,10-12H,3-5,7-9H2,1-2H3,(H,21,22,26). The van der Waals surface area contributed by atoms with Crippen LogP contribution >= 0.6 is 11.3 Å². The van der Waals surface area contributed by atoms with Gasteiger partial charge in [0, 0.05) is 25.5 Å². The number of hydrogen-bond donors (Lipinski definition) is 1. The summed E-state index contributed by atoms with van der Waals surface area (Å²) in [6.45, 7) is 5.15. The molecule has 10 heteroatoms. The lowest BCUT2D eigenvalue weighted by atomic mass is 10.0. The second-order valence-electron chi connectivity index (χ2n) is 7.36. The van der Waals surface area contributed by atoms with Crippen molar-refractivity contribution < 1.29 is 4.79 Å². The molecule has 1 fully saturated rings. The van der Waals surface area contributed by atoms with E-state index in [1.54, 1.807) is 7.05 Å². The molecule has 1 saturated heterocycles. The molecule has 0 bridgehead atoms. The van der Waals surface area contributed by atoms with Crippen LogP contribution in [-0.4, -0.2) is 48.2 Å². The zero-order chi connectivity index (χ0) is 19.7. The Kier molecular flexibility index (Phi) is 5.23. The Balaban J connectivity index is 1.38. The quantitative estimate of drug-likeness (QED) is 0.695. The summed E-state index contributed by atoms with van der Waals surface area (Å²) in [5.41, 5.74) is 1.18. The minimum absolute atomic E-state index is 0.116. The van der Waals surface area contributed by atoms with Crippen LogP contribution in [0.25, 0.3) is 11.0 Å². The van der Waals surface area contributed by atoms with Crippen LogP contribution in [0, 0.1) is 5.92 Å². The van der Waals surface area contributed by atoms with E-state index in [0.29, 0.717) is 16.2 Å². The number of nitrogens with one attached hydrogen (secondary N) is 1. The normalized spacial score (nSPS) is 17.9. The van der Waals surface area contributed by atoms with Crippen LogP contribution in [0.1, 0.15) is 25.5 Å². The van der Waals surface area contributed by atoms with Gasteiger partial charge in [-0.15, -0.1) is 11.3 Å². The van der Waals surface area contributed by atoms with E-state index in [0.717, 1.165) is 31.2 Å². The van der Waals surface area contributed by atoms with Gasteiger partial charge in [-0.1, -0.05) is 6.92 Å². The average Bonchev–Trinajstić information content (AvgIpc) is 3.24. The summed E-state index contributed by atoms with van der Waals surface area (Å²) in [5, 5.41) is 9.73. The van der Waals surface area contributed by atoms with Crippen LogP contribution in [0.15, 0.2) is 22.7 Å². The number of piperidine rings is 1. The smallest absolute Gasteiger partial charge is 0.264 e. The van der Waals surface area contributed by atoms with Gasteiger partial charge in [-0.05, 0) is 25.3 Å². The van der Waals surface area contributed by atoms with E-state index in [1.165, 1.54) is 46.0 Å². The lowest BCUT2D eigenvalue weighted by Crippen LogP contribution is -2.33. The van der Waals surface area contributed by atoms with Crippen LogP contribution in [0.2, 0.25) is 0 Å². The third-order valence-electron chi connectivity index (χ3n) is 4.96. The van der Waals surface area contributed by atoms with Gasteiger partial charge in [0.25, 0.3) is 5.56 Å². The fourth-order valence-electron chi connectivity index (χ4n) is 3.59. The summed E-state index contributed by atoms with van der Waals surface area (Å²) in [7, 11) is 1.72. The largest absolute Gasteiger partial charge is 0.300 e. The van der Waals surface area contributed by atoms with Gasteiger partial charge >= 0.3 is 0 Å². The zero-order valence-electron chi connectivity index (χ0n) is 16.0. The van der Waals surface area contributed by atoms with E-state index in [9.17, 15) is 9.59 Å². The first-order valence-corrected chi connectivity index (χ1v) is 10.2. The van der Waals surface area contributed by atoms with Crippen LogP contribution < -0.4 is 10.9 Å². The van der Waals surface area contributed by atoms with Crippen molar-refractivity contribution in [1.29, 1.82) is 0 Å². The molecule has 1 atom stereocenters. The Morgan fingerprint density at radius 3 is 3.11 bits per heavy atom. The van der Waals surface area contributed by atoms with Gasteiger partial charge < -0.3 is 5.32 Å². The summed E-state index contributed by atoms with van der Waals surface area (Å²) >= 11 is 1.40. The SMILES string of the molecule is CC1CCCN(Cc2csc(NC(=O)Cn3cnc4c(cnn4C)c3=O)n2)C1. The summed E-state index contributed by atoms with van der Waals surface area (Å²) in [4.78, 5) is 35.9. The van der Waals surface area contributed by atoms with Crippen LogP contribution in [0.5, 0.6) is 0 Å². The van der Waals surface area contributed by atoms with Crippen LogP contribution in [0.3, 0.4) is 0 Å². The lowest BCUT2D eigenvalue weighted by molar-refractivity contribution is -0.116. The highest BCUT2D eigenvalue weighted by Crippen LogP contribution is 2.20. The molecular weight excluding hydrogens is 378 g/mol. The maximum absolute atomic E-state index is 12.5. The number of aromatic nitrogens is 5. The van der Waals surface area contributed by atoms with E-state index in [2.05, 4.69) is 32.2 Å². The number of amides is 1. The summed E-state index contributed by atoms with van der Waals surface area (Å²) in [6, 6.07) is 0. The van der Waals surface area contributed by atoms with E-state index >= 15 is 0 Å². The third kappa shape index (κ3) is 3.97. The first-order chi connectivity index (χ1) is 13.5. The second kappa shape index (κ2) is 7.80. The van der Waals surface area contributed by atoms with Crippen LogP contribution in [-0.2, 0) is 24.9 Å². The molecule has 1 aliphatic heterocycles. The van der Waals surface area contributed by atoms with E-state index in [1.807, 2.05) is 5.38 Å². The van der Waals surface area contributed by atoms with Crippen molar-refractivity contribution in [1.82, 2.24) is 29.2 Å². The van der Waals surface area contributed by atoms with Gasteiger partial charge in [-0.25, -0.2) is 9.97 Å². The topological polar surface area (TPSA) is 97.9 Å². The van der Waals surface area contributed by atoms with Gasteiger partial charge in [0.15, 0.2) is 10.8 Å². The van der Waals surface area contributed by atoms with Gasteiger partial charge in [0.05, 0.1) is 11.9 Å². The maximum Gasteiger partial charge on any atom is 0.264 e. The van der Waals surface area contributed by atoms with Crippen molar-refractivity contribution in [2.24, 2.45) is 13.0 Å². The summed E-state index contributed by atoms with van der Waals surface area (Å²) < 4.78 is 2.81. The molecule has 4 heterocycles. The number of likely N-dealkylation sites (tertiary alicyclic amines) is 1. The molecule has 0 aromatic carbocycles. The first-order valence-electron chi connectivity index (χ1n) is 9.33. The highest BCUT2D eigenvalue weighted by atomic mass is 32.1. The Morgan fingerprint density at radius 2 is 2.29 bits per heavy atom. The number of rotatable bonds is 5. The Labute approximate surface area is 166 Å².